The van der Waals surface area contributed by atoms with Gasteiger partial charge in [0.1, 0.15) is 23.7 Å². The average molecular weight is 685 g/mol. The zero-order chi connectivity index (χ0) is 33.6. The van der Waals surface area contributed by atoms with Crippen molar-refractivity contribution in [1.82, 2.24) is 15.2 Å². The normalized spacial score (nSPS) is 17.1. The van der Waals surface area contributed by atoms with Crippen LogP contribution >= 0.6 is 23.4 Å². The summed E-state index contributed by atoms with van der Waals surface area (Å²) in [5.41, 5.74) is 3.69. The van der Waals surface area contributed by atoms with Gasteiger partial charge in [-0.15, -0.1) is 11.8 Å². The lowest BCUT2D eigenvalue weighted by Crippen LogP contribution is -2.70. The maximum atomic E-state index is 13.9. The minimum absolute atomic E-state index is 0.0439. The lowest BCUT2D eigenvalue weighted by atomic mass is 10.0. The van der Waals surface area contributed by atoms with Gasteiger partial charge < -0.3 is 20.1 Å². The molecule has 1 aromatic heterocycles. The van der Waals surface area contributed by atoms with E-state index in [1.54, 1.807) is 18.3 Å². The summed E-state index contributed by atoms with van der Waals surface area (Å²) in [6.45, 7) is 1.65. The number of thioether (sulfide) groups is 1. The average Bonchev–Trinajstić information content (AvgIpc) is 3.10. The van der Waals surface area contributed by atoms with Crippen LogP contribution in [-0.4, -0.2) is 64.0 Å². The van der Waals surface area contributed by atoms with Crippen molar-refractivity contribution in [2.24, 2.45) is 0 Å². The molecule has 1 saturated heterocycles. The van der Waals surface area contributed by atoms with E-state index in [1.165, 1.54) is 23.6 Å². The first-order valence-electron chi connectivity index (χ1n) is 15.5. The number of fused-ring (bicyclic) bond motifs is 2. The van der Waals surface area contributed by atoms with Crippen LogP contribution in [0.1, 0.15) is 37.0 Å². The molecule has 0 bridgehead atoms. The number of nitrogens with zero attached hydrogens (tertiary/aromatic N) is 2. The Balaban J connectivity index is 1.11. The van der Waals surface area contributed by atoms with Gasteiger partial charge in [0.25, 0.3) is 5.91 Å². The van der Waals surface area contributed by atoms with Crippen molar-refractivity contribution in [3.05, 3.63) is 119 Å². The summed E-state index contributed by atoms with van der Waals surface area (Å²) < 4.78 is 11.4. The third-order valence-electron chi connectivity index (χ3n) is 8.04. The lowest BCUT2D eigenvalue weighted by molar-refractivity contribution is -0.155. The minimum Gasteiger partial charge on any atom is -0.461 e. The van der Waals surface area contributed by atoms with Crippen molar-refractivity contribution in [3.8, 4) is 0 Å². The molecule has 2 N–H and O–H groups in total. The van der Waals surface area contributed by atoms with Crippen LogP contribution < -0.4 is 10.6 Å². The van der Waals surface area contributed by atoms with Crippen LogP contribution in [0.25, 0.3) is 10.9 Å². The number of anilines is 1. The first-order chi connectivity index (χ1) is 23.3. The van der Waals surface area contributed by atoms with Gasteiger partial charge in [0, 0.05) is 53.5 Å². The molecule has 12 heteroatoms. The molecule has 6 rings (SSSR count). The van der Waals surface area contributed by atoms with E-state index < -0.39 is 35.4 Å². The second-order valence-electron chi connectivity index (χ2n) is 11.3. The second kappa shape index (κ2) is 14.9. The highest BCUT2D eigenvalue weighted by Gasteiger charge is 2.54. The number of rotatable bonds is 12. The SMILES string of the molecule is CC(=O)OCC1=C(C(=O)OC(c2ccccc2)c2ccccc2)N2C(=O)[C@@H](NC(=O)CCCNc3ccnc4cc(Cl)ccc34)[C@H]2SC1. The van der Waals surface area contributed by atoms with Gasteiger partial charge in [0.2, 0.25) is 5.91 Å². The topological polar surface area (TPSA) is 127 Å². The van der Waals surface area contributed by atoms with Crippen LogP contribution in [0.4, 0.5) is 5.69 Å². The third-order valence-corrected chi connectivity index (χ3v) is 9.61. The number of hydrogen-bond donors (Lipinski definition) is 2. The van der Waals surface area contributed by atoms with Crippen molar-refractivity contribution >= 4 is 63.7 Å². The van der Waals surface area contributed by atoms with Crippen LogP contribution in [0.3, 0.4) is 0 Å². The standard InChI is InChI=1S/C36H33ClN4O6S/c1-22(42)46-20-25-21-48-35-31(40-30(43)13-8-17-38-28-16-18-39-29-19-26(37)14-15-27(28)29)34(44)41(35)32(25)36(45)47-33(23-9-4-2-5-10-23)24-11-6-3-7-12-24/h2-7,9-12,14-16,18-19,31,33,35H,8,13,17,20-21H2,1H3,(H,38,39)(H,40,43)/t31-,35-/m1/s1. The Morgan fingerprint density at radius 1 is 1.02 bits per heavy atom. The third kappa shape index (κ3) is 7.32. The Kier molecular flexibility index (Phi) is 10.3. The quantitative estimate of drug-likeness (QED) is 0.111. The summed E-state index contributed by atoms with van der Waals surface area (Å²) in [5.74, 6) is -1.60. The van der Waals surface area contributed by atoms with Gasteiger partial charge in [0.05, 0.1) is 5.52 Å². The zero-order valence-corrected chi connectivity index (χ0v) is 27.6. The molecule has 2 aliphatic rings. The van der Waals surface area contributed by atoms with Crippen LogP contribution in [0.5, 0.6) is 0 Å². The van der Waals surface area contributed by atoms with E-state index in [0.717, 1.165) is 27.7 Å². The molecule has 1 fully saturated rings. The smallest absolute Gasteiger partial charge is 0.356 e. The molecule has 4 aromatic rings. The van der Waals surface area contributed by atoms with Crippen molar-refractivity contribution in [2.45, 2.75) is 37.3 Å². The number of amides is 2. The number of aromatic nitrogens is 1. The number of ether oxygens (including phenoxy) is 2. The van der Waals surface area contributed by atoms with E-state index in [4.69, 9.17) is 21.1 Å². The van der Waals surface area contributed by atoms with E-state index in [-0.39, 0.29) is 24.6 Å². The fourth-order valence-corrected chi connectivity index (χ4v) is 7.21. The van der Waals surface area contributed by atoms with Crippen LogP contribution in [0, 0.1) is 0 Å². The summed E-state index contributed by atoms with van der Waals surface area (Å²) in [4.78, 5) is 57.8. The summed E-state index contributed by atoms with van der Waals surface area (Å²) >= 11 is 7.48. The summed E-state index contributed by atoms with van der Waals surface area (Å²) in [6, 6.07) is 25.2. The van der Waals surface area contributed by atoms with Gasteiger partial charge in [-0.3, -0.25) is 24.3 Å². The molecule has 2 atom stereocenters. The molecule has 0 spiro atoms. The molecular formula is C36H33ClN4O6S. The predicted molar refractivity (Wildman–Crippen MR) is 184 cm³/mol. The summed E-state index contributed by atoms with van der Waals surface area (Å²) in [5, 5.41) is 7.22. The number of pyridine rings is 1. The first-order valence-corrected chi connectivity index (χ1v) is 16.9. The fourth-order valence-electron chi connectivity index (χ4n) is 5.71. The Labute approximate surface area is 286 Å². The number of carbonyl (C=O) groups excluding carboxylic acids is 4. The largest absolute Gasteiger partial charge is 0.461 e. The molecule has 0 aliphatic carbocycles. The molecule has 0 radical (unpaired) electrons. The Morgan fingerprint density at radius 3 is 2.42 bits per heavy atom. The monoisotopic (exact) mass is 684 g/mol. The molecule has 0 unspecified atom stereocenters. The second-order valence-corrected chi connectivity index (χ2v) is 12.9. The van der Waals surface area contributed by atoms with E-state index in [0.29, 0.717) is 29.3 Å². The van der Waals surface area contributed by atoms with Gasteiger partial charge >= 0.3 is 11.9 Å². The van der Waals surface area contributed by atoms with E-state index in [2.05, 4.69) is 15.6 Å². The van der Waals surface area contributed by atoms with Gasteiger partial charge in [-0.25, -0.2) is 4.79 Å². The zero-order valence-electron chi connectivity index (χ0n) is 26.1. The van der Waals surface area contributed by atoms with Crippen molar-refractivity contribution < 1.29 is 28.7 Å². The molecule has 48 heavy (non-hydrogen) atoms. The number of β-lactam (4-membered cyclic amide) rings is 1. The minimum atomic E-state index is -0.804. The van der Waals surface area contributed by atoms with Crippen molar-refractivity contribution in [3.63, 3.8) is 0 Å². The maximum absolute atomic E-state index is 13.9. The molecule has 2 amide bonds. The number of esters is 2. The predicted octanol–water partition coefficient (Wildman–Crippen LogP) is 5.63. The van der Waals surface area contributed by atoms with E-state index in [1.807, 2.05) is 72.8 Å². The van der Waals surface area contributed by atoms with Gasteiger partial charge in [0.15, 0.2) is 6.10 Å². The number of benzene rings is 3. The molecule has 10 nitrogen and oxygen atoms in total. The molecule has 246 valence electrons. The van der Waals surface area contributed by atoms with E-state index in [9.17, 15) is 19.2 Å². The Bertz CT molecular complexity index is 1830. The number of carbonyl (C=O) groups is 4. The fraction of sp³-hybridized carbons (Fsp3) is 0.250. The Hall–Kier alpha value is -4.87. The van der Waals surface area contributed by atoms with Crippen molar-refractivity contribution in [2.75, 3.05) is 24.2 Å². The van der Waals surface area contributed by atoms with Gasteiger partial charge in [-0.2, -0.15) is 0 Å². The Morgan fingerprint density at radius 2 is 1.73 bits per heavy atom. The lowest BCUT2D eigenvalue weighted by Gasteiger charge is -2.49. The molecular weight excluding hydrogens is 652 g/mol. The highest BCUT2D eigenvalue weighted by molar-refractivity contribution is 8.00. The molecule has 3 heterocycles. The van der Waals surface area contributed by atoms with Crippen LogP contribution in [0.15, 0.2) is 102 Å². The summed E-state index contributed by atoms with van der Waals surface area (Å²) in [6.07, 6.45) is 1.68. The van der Waals surface area contributed by atoms with Crippen molar-refractivity contribution in [1.29, 1.82) is 0 Å². The highest BCUT2D eigenvalue weighted by atomic mass is 35.5. The summed E-state index contributed by atoms with van der Waals surface area (Å²) in [7, 11) is 0. The van der Waals surface area contributed by atoms with Crippen LogP contribution in [0.2, 0.25) is 5.02 Å². The number of nitrogens with one attached hydrogen (secondary N) is 2. The van der Waals surface area contributed by atoms with Gasteiger partial charge in [-0.1, -0.05) is 72.3 Å². The number of halogens is 1. The molecule has 2 aliphatic heterocycles. The van der Waals surface area contributed by atoms with Gasteiger partial charge in [-0.05, 0) is 41.8 Å². The molecule has 0 saturated carbocycles. The highest BCUT2D eigenvalue weighted by Crippen LogP contribution is 2.42. The maximum Gasteiger partial charge on any atom is 0.356 e. The number of hydrogen-bond acceptors (Lipinski definition) is 9. The first kappa shape index (κ1) is 33.0. The van der Waals surface area contributed by atoms with Crippen LogP contribution in [-0.2, 0) is 28.7 Å². The van der Waals surface area contributed by atoms with E-state index >= 15 is 0 Å². The molecule has 3 aromatic carbocycles.